The van der Waals surface area contributed by atoms with Gasteiger partial charge in [-0.3, -0.25) is 4.79 Å². The van der Waals surface area contributed by atoms with Crippen molar-refractivity contribution in [3.8, 4) is 0 Å². The molecule has 1 rings (SSSR count). The summed E-state index contributed by atoms with van der Waals surface area (Å²) in [5, 5.41) is 10.8. The number of rotatable bonds is 4. The third kappa shape index (κ3) is 4.06. The molecular weight excluding hydrogens is 244 g/mol. The zero-order chi connectivity index (χ0) is 14.8. The van der Waals surface area contributed by atoms with Crippen molar-refractivity contribution < 1.29 is 14.6 Å². The standard InChI is InChI=1S/C14H24N2O3/c1-10(2)14(18,11-8-16(6)9-15-11)7-12(17)19-13(3,4)5/h8-10,18H,7H2,1-6H3. The van der Waals surface area contributed by atoms with Crippen LogP contribution < -0.4 is 0 Å². The first-order valence-electron chi connectivity index (χ1n) is 6.47. The van der Waals surface area contributed by atoms with E-state index in [1.165, 1.54) is 0 Å². The zero-order valence-corrected chi connectivity index (χ0v) is 12.6. The van der Waals surface area contributed by atoms with Crippen molar-refractivity contribution in [3.63, 3.8) is 0 Å². The summed E-state index contributed by atoms with van der Waals surface area (Å²) in [4.78, 5) is 16.1. The molecule has 19 heavy (non-hydrogen) atoms. The molecule has 1 unspecified atom stereocenters. The first-order valence-corrected chi connectivity index (χ1v) is 6.47. The second-order valence-electron chi connectivity index (χ2n) is 6.27. The van der Waals surface area contributed by atoms with Crippen LogP contribution in [0, 0.1) is 5.92 Å². The highest BCUT2D eigenvalue weighted by Crippen LogP contribution is 2.32. The first-order chi connectivity index (χ1) is 8.54. The van der Waals surface area contributed by atoms with Gasteiger partial charge in [-0.15, -0.1) is 0 Å². The Morgan fingerprint density at radius 2 is 2.05 bits per heavy atom. The van der Waals surface area contributed by atoms with Crippen LogP contribution in [-0.4, -0.2) is 26.2 Å². The molecule has 108 valence electrons. The molecule has 1 N–H and O–H groups in total. The van der Waals surface area contributed by atoms with Gasteiger partial charge in [0.25, 0.3) is 0 Å². The van der Waals surface area contributed by atoms with E-state index in [4.69, 9.17) is 4.74 Å². The Labute approximate surface area is 114 Å². The number of carbonyl (C=O) groups is 1. The fraction of sp³-hybridized carbons (Fsp3) is 0.714. The molecule has 1 aromatic heterocycles. The summed E-state index contributed by atoms with van der Waals surface area (Å²) in [5.74, 6) is -0.565. The van der Waals surface area contributed by atoms with Gasteiger partial charge in [-0.1, -0.05) is 13.8 Å². The van der Waals surface area contributed by atoms with Crippen molar-refractivity contribution >= 4 is 5.97 Å². The van der Waals surface area contributed by atoms with Crippen LogP contribution in [0.15, 0.2) is 12.5 Å². The summed E-state index contributed by atoms with van der Waals surface area (Å²) in [6.07, 6.45) is 3.24. The minimum absolute atomic E-state index is 0.0983. The lowest BCUT2D eigenvalue weighted by atomic mass is 9.84. The van der Waals surface area contributed by atoms with E-state index < -0.39 is 17.2 Å². The second-order valence-corrected chi connectivity index (χ2v) is 6.27. The van der Waals surface area contributed by atoms with Gasteiger partial charge in [0.15, 0.2) is 0 Å². The molecule has 0 spiro atoms. The van der Waals surface area contributed by atoms with E-state index in [0.717, 1.165) is 0 Å². The summed E-state index contributed by atoms with van der Waals surface area (Å²) >= 11 is 0. The van der Waals surface area contributed by atoms with E-state index in [9.17, 15) is 9.90 Å². The molecule has 0 bridgehead atoms. The summed E-state index contributed by atoms with van der Waals surface area (Å²) in [5.41, 5.74) is -1.36. The van der Waals surface area contributed by atoms with Crippen LogP contribution in [0.4, 0.5) is 0 Å². The Morgan fingerprint density at radius 1 is 1.47 bits per heavy atom. The molecule has 5 nitrogen and oxygen atoms in total. The van der Waals surface area contributed by atoms with Crippen molar-refractivity contribution in [2.24, 2.45) is 13.0 Å². The average Bonchev–Trinajstić information content (AvgIpc) is 2.61. The van der Waals surface area contributed by atoms with E-state index in [2.05, 4.69) is 4.98 Å². The first kappa shape index (κ1) is 15.7. The van der Waals surface area contributed by atoms with Crippen LogP contribution in [0.2, 0.25) is 0 Å². The molecule has 0 aliphatic carbocycles. The van der Waals surface area contributed by atoms with Crippen molar-refractivity contribution in [3.05, 3.63) is 18.2 Å². The number of carbonyl (C=O) groups excluding carboxylic acids is 1. The highest BCUT2D eigenvalue weighted by atomic mass is 16.6. The number of ether oxygens (including phenoxy) is 1. The molecule has 0 amide bonds. The zero-order valence-electron chi connectivity index (χ0n) is 12.6. The van der Waals surface area contributed by atoms with E-state index in [-0.39, 0.29) is 12.3 Å². The molecule has 1 aromatic rings. The average molecular weight is 268 g/mol. The molecule has 0 fully saturated rings. The molecule has 1 heterocycles. The Hall–Kier alpha value is -1.36. The Balaban J connectivity index is 2.93. The maximum absolute atomic E-state index is 11.9. The topological polar surface area (TPSA) is 64.3 Å². The predicted octanol–water partition coefficient (Wildman–Crippen LogP) is 2.00. The second kappa shape index (κ2) is 5.33. The smallest absolute Gasteiger partial charge is 0.309 e. The fourth-order valence-electron chi connectivity index (χ4n) is 1.82. The van der Waals surface area contributed by atoms with Crippen LogP contribution >= 0.6 is 0 Å². The van der Waals surface area contributed by atoms with Gasteiger partial charge in [-0.2, -0.15) is 0 Å². The number of nitrogens with zero attached hydrogens (tertiary/aromatic N) is 2. The van der Waals surface area contributed by atoms with Crippen molar-refractivity contribution in [1.29, 1.82) is 0 Å². The highest BCUT2D eigenvalue weighted by molar-refractivity contribution is 5.71. The van der Waals surface area contributed by atoms with Crippen LogP contribution in [-0.2, 0) is 22.2 Å². The summed E-state index contributed by atoms with van der Waals surface area (Å²) < 4.78 is 7.03. The van der Waals surface area contributed by atoms with E-state index in [1.54, 1.807) is 37.9 Å². The molecule has 0 aliphatic rings. The van der Waals surface area contributed by atoms with E-state index in [1.807, 2.05) is 20.9 Å². The monoisotopic (exact) mass is 268 g/mol. The maximum atomic E-state index is 11.9. The van der Waals surface area contributed by atoms with Crippen LogP contribution in [0.1, 0.15) is 46.7 Å². The van der Waals surface area contributed by atoms with E-state index in [0.29, 0.717) is 5.69 Å². The quantitative estimate of drug-likeness (QED) is 0.848. The summed E-state index contributed by atoms with van der Waals surface area (Å²) in [6, 6.07) is 0. The molecule has 0 aromatic carbocycles. The molecule has 0 aliphatic heterocycles. The van der Waals surface area contributed by atoms with Crippen molar-refractivity contribution in [2.75, 3.05) is 0 Å². The minimum Gasteiger partial charge on any atom is -0.460 e. The van der Waals surface area contributed by atoms with Gasteiger partial charge in [0, 0.05) is 13.2 Å². The van der Waals surface area contributed by atoms with Crippen molar-refractivity contribution in [2.45, 2.75) is 52.2 Å². The Kier molecular flexibility index (Phi) is 4.40. The number of aromatic nitrogens is 2. The third-order valence-electron chi connectivity index (χ3n) is 2.94. The molecule has 0 saturated heterocycles. The summed E-state index contributed by atoms with van der Waals surface area (Å²) in [6.45, 7) is 9.14. The maximum Gasteiger partial charge on any atom is 0.309 e. The van der Waals surface area contributed by atoms with Gasteiger partial charge in [0.05, 0.1) is 18.4 Å². The van der Waals surface area contributed by atoms with Crippen LogP contribution in [0.3, 0.4) is 0 Å². The number of aliphatic hydroxyl groups is 1. The molecular formula is C14H24N2O3. The fourth-order valence-corrected chi connectivity index (χ4v) is 1.82. The summed E-state index contributed by atoms with van der Waals surface area (Å²) in [7, 11) is 1.82. The lowest BCUT2D eigenvalue weighted by Gasteiger charge is -2.31. The number of hydrogen-bond donors (Lipinski definition) is 1. The SMILES string of the molecule is CC(C)C(O)(CC(=O)OC(C)(C)C)c1cn(C)cn1. The minimum atomic E-state index is -1.30. The predicted molar refractivity (Wildman–Crippen MR) is 72.4 cm³/mol. The molecule has 0 saturated carbocycles. The Bertz CT molecular complexity index is 446. The number of esters is 1. The van der Waals surface area contributed by atoms with Crippen LogP contribution in [0.25, 0.3) is 0 Å². The van der Waals surface area contributed by atoms with Gasteiger partial charge in [-0.05, 0) is 26.7 Å². The lowest BCUT2D eigenvalue weighted by Crippen LogP contribution is -2.37. The largest absolute Gasteiger partial charge is 0.460 e. The van der Waals surface area contributed by atoms with Crippen LogP contribution in [0.5, 0.6) is 0 Å². The Morgan fingerprint density at radius 3 is 2.42 bits per heavy atom. The molecule has 1 atom stereocenters. The lowest BCUT2D eigenvalue weighted by molar-refractivity contribution is -0.163. The highest BCUT2D eigenvalue weighted by Gasteiger charge is 2.39. The number of imidazole rings is 1. The van der Waals surface area contributed by atoms with E-state index >= 15 is 0 Å². The van der Waals surface area contributed by atoms with Gasteiger partial charge in [-0.25, -0.2) is 4.98 Å². The molecule has 0 radical (unpaired) electrons. The normalized spacial score (nSPS) is 15.4. The number of hydrogen-bond acceptors (Lipinski definition) is 4. The molecule has 5 heteroatoms. The van der Waals surface area contributed by atoms with Gasteiger partial charge >= 0.3 is 5.97 Å². The van der Waals surface area contributed by atoms with Gasteiger partial charge in [0.2, 0.25) is 0 Å². The third-order valence-corrected chi connectivity index (χ3v) is 2.94. The van der Waals surface area contributed by atoms with Gasteiger partial charge < -0.3 is 14.4 Å². The van der Waals surface area contributed by atoms with Gasteiger partial charge in [0.1, 0.15) is 11.2 Å². The van der Waals surface area contributed by atoms with Crippen molar-refractivity contribution in [1.82, 2.24) is 9.55 Å². The number of aryl methyl sites for hydroxylation is 1.